The van der Waals surface area contributed by atoms with Crippen molar-refractivity contribution >= 4 is 0 Å². The molecule has 1 saturated heterocycles. The molecule has 0 aliphatic carbocycles. The quantitative estimate of drug-likeness (QED) is 0.554. The Hall–Kier alpha value is -0.120. The minimum Gasteiger partial charge on any atom is -0.330 e. The van der Waals surface area contributed by atoms with E-state index in [-0.39, 0.29) is 0 Å². The van der Waals surface area contributed by atoms with Crippen LogP contribution in [0.25, 0.3) is 0 Å². The first-order valence-corrected chi connectivity index (χ1v) is 4.29. The summed E-state index contributed by atoms with van der Waals surface area (Å²) < 4.78 is 0. The van der Waals surface area contributed by atoms with Crippen molar-refractivity contribution in [3.8, 4) is 0 Å². The van der Waals surface area contributed by atoms with Crippen molar-refractivity contribution in [1.82, 2.24) is 9.80 Å². The maximum atomic E-state index is 5.64. The lowest BCUT2D eigenvalue weighted by Crippen LogP contribution is -2.31. The van der Waals surface area contributed by atoms with Crippen LogP contribution in [0, 0.1) is 5.92 Å². The molecule has 0 spiro atoms. The first-order valence-electron chi connectivity index (χ1n) is 4.29. The molecular formula is C8H19N3. The molecule has 1 fully saturated rings. The summed E-state index contributed by atoms with van der Waals surface area (Å²) in [4.78, 5) is 4.72. The zero-order valence-electron chi connectivity index (χ0n) is 7.58. The molecule has 2 N–H and O–H groups in total. The molecule has 0 radical (unpaired) electrons. The largest absolute Gasteiger partial charge is 0.330 e. The lowest BCUT2D eigenvalue weighted by Gasteiger charge is -2.18. The molecule has 66 valence electrons. The van der Waals surface area contributed by atoms with Crippen LogP contribution in [0.3, 0.4) is 0 Å². The van der Waals surface area contributed by atoms with Gasteiger partial charge in [0, 0.05) is 26.2 Å². The lowest BCUT2D eigenvalue weighted by atomic mass is 10.1. The second-order valence-corrected chi connectivity index (χ2v) is 3.63. The maximum Gasteiger partial charge on any atom is 0.0106 e. The third kappa shape index (κ3) is 2.77. The average molecular weight is 157 g/mol. The van der Waals surface area contributed by atoms with Gasteiger partial charge in [-0.3, -0.25) is 0 Å². The third-order valence-corrected chi connectivity index (χ3v) is 2.34. The summed E-state index contributed by atoms with van der Waals surface area (Å²) in [6.45, 7) is 5.47. The van der Waals surface area contributed by atoms with E-state index < -0.39 is 0 Å². The van der Waals surface area contributed by atoms with Crippen LogP contribution in [-0.4, -0.2) is 56.6 Å². The molecule has 0 aromatic heterocycles. The number of nitrogens with zero attached hydrogens (tertiary/aromatic N) is 2. The van der Waals surface area contributed by atoms with E-state index in [2.05, 4.69) is 23.9 Å². The van der Waals surface area contributed by atoms with Crippen molar-refractivity contribution in [2.75, 3.05) is 46.8 Å². The molecule has 0 atom stereocenters. The predicted octanol–water partition coefficient (Wildman–Crippen LogP) is -0.561. The van der Waals surface area contributed by atoms with E-state index in [0.717, 1.165) is 19.6 Å². The van der Waals surface area contributed by atoms with Gasteiger partial charge in [-0.1, -0.05) is 0 Å². The molecule has 0 saturated carbocycles. The van der Waals surface area contributed by atoms with Crippen LogP contribution in [0.5, 0.6) is 0 Å². The second kappa shape index (κ2) is 4.04. The number of hydrogen-bond acceptors (Lipinski definition) is 3. The highest BCUT2D eigenvalue weighted by molar-refractivity contribution is 4.73. The lowest BCUT2D eigenvalue weighted by molar-refractivity contribution is 0.309. The fourth-order valence-electron chi connectivity index (χ4n) is 1.61. The van der Waals surface area contributed by atoms with E-state index in [9.17, 15) is 0 Å². The summed E-state index contributed by atoms with van der Waals surface area (Å²) in [7, 11) is 4.34. The number of rotatable bonds is 1. The van der Waals surface area contributed by atoms with Gasteiger partial charge in [-0.2, -0.15) is 0 Å². The topological polar surface area (TPSA) is 32.5 Å². The molecule has 0 unspecified atom stereocenters. The van der Waals surface area contributed by atoms with Gasteiger partial charge in [-0.25, -0.2) is 0 Å². The zero-order chi connectivity index (χ0) is 8.27. The van der Waals surface area contributed by atoms with Gasteiger partial charge in [-0.05, 0) is 26.6 Å². The minimum absolute atomic E-state index is 0.660. The van der Waals surface area contributed by atoms with Crippen molar-refractivity contribution in [2.45, 2.75) is 0 Å². The number of hydrogen-bond donors (Lipinski definition) is 1. The van der Waals surface area contributed by atoms with Crippen molar-refractivity contribution in [3.05, 3.63) is 0 Å². The average Bonchev–Trinajstić information content (AvgIpc) is 2.13. The van der Waals surface area contributed by atoms with E-state index in [4.69, 9.17) is 5.73 Å². The Morgan fingerprint density at radius 3 is 2.00 bits per heavy atom. The standard InChI is InChI=1S/C8H19N3/c1-10-3-4-11(2)7-8(5-9)6-10/h8H,3-7,9H2,1-2H3. The fraction of sp³-hybridized carbons (Fsp3) is 1.00. The summed E-state index contributed by atoms with van der Waals surface area (Å²) >= 11 is 0. The molecule has 3 nitrogen and oxygen atoms in total. The van der Waals surface area contributed by atoms with Gasteiger partial charge in [0.25, 0.3) is 0 Å². The van der Waals surface area contributed by atoms with E-state index >= 15 is 0 Å². The highest BCUT2D eigenvalue weighted by Crippen LogP contribution is 2.04. The highest BCUT2D eigenvalue weighted by Gasteiger charge is 2.16. The van der Waals surface area contributed by atoms with Crippen LogP contribution in [0.4, 0.5) is 0 Å². The van der Waals surface area contributed by atoms with E-state index in [1.54, 1.807) is 0 Å². The smallest absolute Gasteiger partial charge is 0.0106 e. The van der Waals surface area contributed by atoms with E-state index in [1.807, 2.05) is 0 Å². The SMILES string of the molecule is CN1CCN(C)CC(CN)C1. The molecule has 0 aromatic carbocycles. The van der Waals surface area contributed by atoms with Gasteiger partial charge in [0.1, 0.15) is 0 Å². The van der Waals surface area contributed by atoms with Gasteiger partial charge in [-0.15, -0.1) is 0 Å². The Balaban J connectivity index is 2.41. The van der Waals surface area contributed by atoms with Crippen molar-refractivity contribution < 1.29 is 0 Å². The third-order valence-electron chi connectivity index (χ3n) is 2.34. The summed E-state index contributed by atoms with van der Waals surface area (Å²) in [5.74, 6) is 0.660. The van der Waals surface area contributed by atoms with Crippen LogP contribution >= 0.6 is 0 Å². The molecular weight excluding hydrogens is 138 g/mol. The molecule has 11 heavy (non-hydrogen) atoms. The van der Waals surface area contributed by atoms with Crippen LogP contribution in [0.1, 0.15) is 0 Å². The monoisotopic (exact) mass is 157 g/mol. The molecule has 3 heteroatoms. The summed E-state index contributed by atoms with van der Waals surface area (Å²) in [5, 5.41) is 0. The van der Waals surface area contributed by atoms with E-state index in [1.165, 1.54) is 13.1 Å². The van der Waals surface area contributed by atoms with Crippen molar-refractivity contribution in [1.29, 1.82) is 0 Å². The first kappa shape index (κ1) is 8.97. The number of likely N-dealkylation sites (N-methyl/N-ethyl adjacent to an activating group) is 2. The Kier molecular flexibility index (Phi) is 3.30. The molecule has 1 aliphatic heterocycles. The molecule has 1 heterocycles. The van der Waals surface area contributed by atoms with Gasteiger partial charge < -0.3 is 15.5 Å². The summed E-state index contributed by atoms with van der Waals surface area (Å²) in [6.07, 6.45) is 0. The van der Waals surface area contributed by atoms with Crippen molar-refractivity contribution in [3.63, 3.8) is 0 Å². The van der Waals surface area contributed by atoms with Gasteiger partial charge in [0.05, 0.1) is 0 Å². The Morgan fingerprint density at radius 2 is 1.64 bits per heavy atom. The Labute approximate surface area is 69.1 Å². The molecule has 0 aromatic rings. The Bertz CT molecular complexity index is 104. The van der Waals surface area contributed by atoms with Gasteiger partial charge in [0.15, 0.2) is 0 Å². The molecule has 1 aliphatic rings. The van der Waals surface area contributed by atoms with Crippen LogP contribution in [-0.2, 0) is 0 Å². The zero-order valence-corrected chi connectivity index (χ0v) is 7.58. The second-order valence-electron chi connectivity index (χ2n) is 3.63. The van der Waals surface area contributed by atoms with Gasteiger partial charge >= 0.3 is 0 Å². The maximum absolute atomic E-state index is 5.64. The van der Waals surface area contributed by atoms with Crippen LogP contribution < -0.4 is 5.73 Å². The van der Waals surface area contributed by atoms with E-state index in [0.29, 0.717) is 5.92 Å². The first-order chi connectivity index (χ1) is 5.22. The molecule has 0 amide bonds. The predicted molar refractivity (Wildman–Crippen MR) is 47.5 cm³/mol. The highest BCUT2D eigenvalue weighted by atomic mass is 15.2. The fourth-order valence-corrected chi connectivity index (χ4v) is 1.61. The van der Waals surface area contributed by atoms with Crippen LogP contribution in [0.2, 0.25) is 0 Å². The normalized spacial score (nSPS) is 25.4. The van der Waals surface area contributed by atoms with Crippen molar-refractivity contribution in [2.24, 2.45) is 11.7 Å². The summed E-state index contributed by atoms with van der Waals surface area (Å²) in [6, 6.07) is 0. The Morgan fingerprint density at radius 1 is 1.18 bits per heavy atom. The molecule has 1 rings (SSSR count). The minimum atomic E-state index is 0.660. The van der Waals surface area contributed by atoms with Gasteiger partial charge in [0.2, 0.25) is 0 Å². The number of nitrogens with two attached hydrogens (primary N) is 1. The molecule has 0 bridgehead atoms. The van der Waals surface area contributed by atoms with Crippen LogP contribution in [0.15, 0.2) is 0 Å². The summed E-state index contributed by atoms with van der Waals surface area (Å²) in [5.41, 5.74) is 5.64.